The van der Waals surface area contributed by atoms with Crippen LogP contribution in [0.3, 0.4) is 0 Å². The quantitative estimate of drug-likeness (QED) is 0.853. The first-order valence-electron chi connectivity index (χ1n) is 9.67. The maximum absolute atomic E-state index is 14.7. The summed E-state index contributed by atoms with van der Waals surface area (Å²) in [7, 11) is 3.14. The van der Waals surface area contributed by atoms with Crippen molar-refractivity contribution in [2.45, 2.75) is 31.7 Å². The minimum Gasteiger partial charge on any atom is -0.493 e. The molecular formula is C22H23FN2O4. The lowest BCUT2D eigenvalue weighted by atomic mass is 9.98. The van der Waals surface area contributed by atoms with Crippen LogP contribution in [0.1, 0.15) is 46.8 Å². The molecule has 2 aromatic carbocycles. The van der Waals surface area contributed by atoms with Crippen LogP contribution in [0.25, 0.3) is 0 Å². The lowest BCUT2D eigenvalue weighted by Gasteiger charge is -2.27. The van der Waals surface area contributed by atoms with Crippen LogP contribution in [0.4, 0.5) is 10.1 Å². The van der Waals surface area contributed by atoms with Crippen molar-refractivity contribution in [3.8, 4) is 11.5 Å². The molecule has 152 valence electrons. The number of nitrogens with zero attached hydrogens (tertiary/aromatic N) is 1. The maximum atomic E-state index is 14.7. The zero-order valence-corrected chi connectivity index (χ0v) is 16.5. The number of anilines is 1. The summed E-state index contributed by atoms with van der Waals surface area (Å²) in [6, 6.07) is 8.27. The third-order valence-electron chi connectivity index (χ3n) is 5.62. The van der Waals surface area contributed by atoms with E-state index < -0.39 is 5.82 Å². The fourth-order valence-electron chi connectivity index (χ4n) is 4.14. The molecule has 0 bridgehead atoms. The Kier molecular flexibility index (Phi) is 5.13. The summed E-state index contributed by atoms with van der Waals surface area (Å²) in [4.78, 5) is 26.5. The maximum Gasteiger partial charge on any atom is 0.257 e. The van der Waals surface area contributed by atoms with Crippen LogP contribution in [0.5, 0.6) is 11.5 Å². The summed E-state index contributed by atoms with van der Waals surface area (Å²) in [6.07, 6.45) is 2.47. The molecule has 1 N–H and O–H groups in total. The highest BCUT2D eigenvalue weighted by molar-refractivity contribution is 5.98. The summed E-state index contributed by atoms with van der Waals surface area (Å²) >= 11 is 0. The number of carbonyl (C=O) groups excluding carboxylic acids is 2. The number of aryl methyl sites for hydroxylation is 1. The molecule has 0 spiro atoms. The number of carbonyl (C=O) groups is 2. The first kappa shape index (κ1) is 19.2. The minimum absolute atomic E-state index is 0.0484. The normalized spacial score (nSPS) is 18.2. The predicted octanol–water partition coefficient (Wildman–Crippen LogP) is 3.70. The lowest BCUT2D eigenvalue weighted by Crippen LogP contribution is -2.31. The molecule has 29 heavy (non-hydrogen) atoms. The van der Waals surface area contributed by atoms with Gasteiger partial charge in [-0.1, -0.05) is 6.07 Å². The van der Waals surface area contributed by atoms with Crippen LogP contribution in [0.2, 0.25) is 0 Å². The Morgan fingerprint density at radius 1 is 1.14 bits per heavy atom. The molecule has 1 saturated heterocycles. The Balaban J connectivity index is 1.64. The second kappa shape index (κ2) is 7.73. The molecule has 2 heterocycles. The monoisotopic (exact) mass is 398 g/mol. The number of halogens is 1. The number of nitrogens with one attached hydrogen (secondary N) is 1. The third kappa shape index (κ3) is 3.52. The van der Waals surface area contributed by atoms with E-state index in [1.807, 2.05) is 18.2 Å². The number of benzene rings is 2. The summed E-state index contributed by atoms with van der Waals surface area (Å²) < 4.78 is 25.4. The second-order valence-corrected chi connectivity index (χ2v) is 7.31. The van der Waals surface area contributed by atoms with Gasteiger partial charge in [-0.3, -0.25) is 9.59 Å². The van der Waals surface area contributed by atoms with Crippen molar-refractivity contribution in [3.63, 3.8) is 0 Å². The highest BCUT2D eigenvalue weighted by atomic mass is 19.1. The van der Waals surface area contributed by atoms with E-state index in [2.05, 4.69) is 5.32 Å². The zero-order valence-electron chi connectivity index (χ0n) is 16.5. The lowest BCUT2D eigenvalue weighted by molar-refractivity contribution is -0.116. The van der Waals surface area contributed by atoms with Crippen LogP contribution in [-0.2, 0) is 11.2 Å². The Hall–Kier alpha value is -3.09. The molecule has 2 aliphatic heterocycles. The van der Waals surface area contributed by atoms with E-state index in [4.69, 9.17) is 9.47 Å². The van der Waals surface area contributed by atoms with E-state index in [1.165, 1.54) is 6.07 Å². The van der Waals surface area contributed by atoms with E-state index in [1.54, 1.807) is 25.2 Å². The van der Waals surface area contributed by atoms with Crippen molar-refractivity contribution < 1.29 is 23.5 Å². The van der Waals surface area contributed by atoms with E-state index in [-0.39, 0.29) is 23.4 Å². The molecule has 0 radical (unpaired) electrons. The molecule has 7 heteroatoms. The van der Waals surface area contributed by atoms with E-state index in [0.29, 0.717) is 36.6 Å². The Morgan fingerprint density at radius 3 is 2.69 bits per heavy atom. The van der Waals surface area contributed by atoms with Gasteiger partial charge in [0.25, 0.3) is 5.91 Å². The molecule has 0 aromatic heterocycles. The molecule has 1 unspecified atom stereocenters. The van der Waals surface area contributed by atoms with Crippen molar-refractivity contribution in [1.29, 1.82) is 0 Å². The molecule has 0 aliphatic carbocycles. The van der Waals surface area contributed by atoms with Gasteiger partial charge in [0, 0.05) is 18.7 Å². The summed E-state index contributed by atoms with van der Waals surface area (Å²) in [5, 5.41) is 2.66. The topological polar surface area (TPSA) is 67.9 Å². The number of rotatable bonds is 4. The van der Waals surface area contributed by atoms with Crippen LogP contribution < -0.4 is 14.8 Å². The molecule has 2 amide bonds. The van der Waals surface area contributed by atoms with Crippen molar-refractivity contribution in [1.82, 2.24) is 4.90 Å². The second-order valence-electron chi connectivity index (χ2n) is 7.31. The number of likely N-dealkylation sites (tertiary alicyclic amines) is 1. The van der Waals surface area contributed by atoms with Crippen LogP contribution in [0, 0.1) is 5.82 Å². The van der Waals surface area contributed by atoms with Crippen LogP contribution in [0.15, 0.2) is 30.3 Å². The fourth-order valence-corrected chi connectivity index (χ4v) is 4.14. The van der Waals surface area contributed by atoms with E-state index in [0.717, 1.165) is 24.0 Å². The van der Waals surface area contributed by atoms with Crippen molar-refractivity contribution in [3.05, 3.63) is 52.8 Å². The molecule has 2 aliphatic rings. The van der Waals surface area contributed by atoms with Gasteiger partial charge in [-0.15, -0.1) is 0 Å². The summed E-state index contributed by atoms with van der Waals surface area (Å²) in [5.74, 6) is 0.132. The number of methoxy groups -OCH3 is 2. The molecule has 1 atom stereocenters. The smallest absolute Gasteiger partial charge is 0.257 e. The van der Waals surface area contributed by atoms with Crippen LogP contribution in [-0.4, -0.2) is 37.5 Å². The highest BCUT2D eigenvalue weighted by Crippen LogP contribution is 2.38. The Labute approximate surface area is 168 Å². The van der Waals surface area contributed by atoms with Gasteiger partial charge in [0.2, 0.25) is 5.91 Å². The SMILES string of the molecule is COc1ccc(C2CCCN2C(=O)c2cc3c(cc2F)NC(=O)CC3)cc1OC. The standard InChI is InChI=1S/C22H23FN2O4/c1-28-19-7-5-14(11-20(19)29-2)18-4-3-9-25(18)22(27)15-10-13-6-8-21(26)24-17(13)12-16(15)23/h5,7,10-12,18H,3-4,6,8-9H2,1-2H3,(H,24,26). The van der Waals surface area contributed by atoms with E-state index in [9.17, 15) is 14.0 Å². The Morgan fingerprint density at radius 2 is 1.93 bits per heavy atom. The number of hydrogen-bond donors (Lipinski definition) is 1. The number of hydrogen-bond acceptors (Lipinski definition) is 4. The van der Waals surface area contributed by atoms with E-state index >= 15 is 0 Å². The summed E-state index contributed by atoms with van der Waals surface area (Å²) in [6.45, 7) is 0.561. The largest absolute Gasteiger partial charge is 0.493 e. The van der Waals surface area contributed by atoms with Gasteiger partial charge in [0.15, 0.2) is 11.5 Å². The van der Waals surface area contributed by atoms with Crippen molar-refractivity contribution in [2.24, 2.45) is 0 Å². The van der Waals surface area contributed by atoms with Gasteiger partial charge < -0.3 is 19.7 Å². The van der Waals surface area contributed by atoms with Gasteiger partial charge in [-0.25, -0.2) is 4.39 Å². The van der Waals surface area contributed by atoms with Crippen LogP contribution >= 0.6 is 0 Å². The van der Waals surface area contributed by atoms with Gasteiger partial charge in [-0.2, -0.15) is 0 Å². The van der Waals surface area contributed by atoms with Gasteiger partial charge in [-0.05, 0) is 54.7 Å². The minimum atomic E-state index is -0.617. The zero-order chi connectivity index (χ0) is 20.5. The van der Waals surface area contributed by atoms with Gasteiger partial charge in [0.05, 0.1) is 25.8 Å². The number of ether oxygens (including phenoxy) is 2. The molecular weight excluding hydrogens is 375 g/mol. The molecule has 0 saturated carbocycles. The van der Waals surface area contributed by atoms with Gasteiger partial charge >= 0.3 is 0 Å². The average Bonchev–Trinajstić information content (AvgIpc) is 3.22. The predicted molar refractivity (Wildman–Crippen MR) is 106 cm³/mol. The molecule has 4 rings (SSSR count). The molecule has 2 aromatic rings. The first-order valence-corrected chi connectivity index (χ1v) is 9.67. The first-order chi connectivity index (χ1) is 14.0. The number of amides is 2. The summed E-state index contributed by atoms with van der Waals surface area (Å²) in [5.41, 5.74) is 2.22. The van der Waals surface area contributed by atoms with Gasteiger partial charge in [0.1, 0.15) is 5.82 Å². The fraction of sp³-hybridized carbons (Fsp3) is 0.364. The highest BCUT2D eigenvalue weighted by Gasteiger charge is 2.33. The average molecular weight is 398 g/mol. The molecule has 6 nitrogen and oxygen atoms in total. The van der Waals surface area contributed by atoms with Crippen molar-refractivity contribution in [2.75, 3.05) is 26.1 Å². The Bertz CT molecular complexity index is 976. The number of fused-ring (bicyclic) bond motifs is 1. The van der Waals surface area contributed by atoms with Crippen molar-refractivity contribution >= 4 is 17.5 Å². The third-order valence-corrected chi connectivity index (χ3v) is 5.62. The molecule has 1 fully saturated rings.